The van der Waals surface area contributed by atoms with Crippen LogP contribution in [0.4, 0.5) is 0 Å². The molecular weight excluding hydrogens is 234 g/mol. The Bertz CT molecular complexity index is 425. The molecule has 5 nitrogen and oxygen atoms in total. The average Bonchev–Trinajstić information content (AvgIpc) is 2.34. The third kappa shape index (κ3) is 4.08. The van der Waals surface area contributed by atoms with Gasteiger partial charge in [0, 0.05) is 0 Å². The summed E-state index contributed by atoms with van der Waals surface area (Å²) < 4.78 is 0. The van der Waals surface area contributed by atoms with Crippen LogP contribution in [-0.4, -0.2) is 28.5 Å². The smallest absolute Gasteiger partial charge is 0.312 e. The van der Waals surface area contributed by atoms with Crippen molar-refractivity contribution < 1.29 is 19.8 Å². The molecule has 0 aromatic heterocycles. The molecular formula is C13H17NO4. The Morgan fingerprint density at radius 1 is 1.39 bits per heavy atom. The van der Waals surface area contributed by atoms with Crippen LogP contribution < -0.4 is 0 Å². The first kappa shape index (κ1) is 14.0. The highest BCUT2D eigenvalue weighted by molar-refractivity contribution is 6.00. The lowest BCUT2D eigenvalue weighted by molar-refractivity contribution is -0.139. The summed E-state index contributed by atoms with van der Waals surface area (Å²) in [5, 5.41) is 22.1. The summed E-state index contributed by atoms with van der Waals surface area (Å²) in [4.78, 5) is 16.1. The molecule has 0 saturated heterocycles. The standard InChI is InChI=1S/C13H17NO4/c1-3-18-14-9(2)12(13(16)17)8-10-4-6-11(15)7-5-10/h4-7,12,15H,3,8H2,1-2H3,(H,16,17). The maximum atomic E-state index is 11.2. The second-order valence-corrected chi connectivity index (χ2v) is 3.91. The fourth-order valence-electron chi connectivity index (χ4n) is 1.51. The summed E-state index contributed by atoms with van der Waals surface area (Å²) in [5.74, 6) is -1.50. The van der Waals surface area contributed by atoms with Crippen LogP contribution in [0.5, 0.6) is 5.75 Å². The summed E-state index contributed by atoms with van der Waals surface area (Å²) in [6.07, 6.45) is 0.317. The maximum Gasteiger partial charge on any atom is 0.312 e. The molecule has 0 saturated carbocycles. The highest BCUT2D eigenvalue weighted by Crippen LogP contribution is 2.15. The number of carboxylic acid groups (broad SMARTS) is 1. The zero-order valence-electron chi connectivity index (χ0n) is 10.5. The van der Waals surface area contributed by atoms with Gasteiger partial charge in [-0.1, -0.05) is 17.3 Å². The molecule has 0 fully saturated rings. The highest BCUT2D eigenvalue weighted by Gasteiger charge is 2.22. The lowest BCUT2D eigenvalue weighted by Gasteiger charge is -2.11. The molecule has 0 radical (unpaired) electrons. The van der Waals surface area contributed by atoms with Gasteiger partial charge in [-0.2, -0.15) is 0 Å². The van der Waals surface area contributed by atoms with Crippen molar-refractivity contribution in [1.82, 2.24) is 0 Å². The van der Waals surface area contributed by atoms with Gasteiger partial charge >= 0.3 is 5.97 Å². The Kier molecular flexibility index (Phi) is 5.17. The van der Waals surface area contributed by atoms with E-state index in [0.717, 1.165) is 5.56 Å². The molecule has 1 unspecified atom stereocenters. The molecule has 2 N–H and O–H groups in total. The van der Waals surface area contributed by atoms with Gasteiger partial charge in [0.15, 0.2) is 0 Å². The number of benzene rings is 1. The SMILES string of the molecule is CCON=C(C)C(Cc1ccc(O)cc1)C(=O)O. The van der Waals surface area contributed by atoms with E-state index in [2.05, 4.69) is 5.16 Å². The highest BCUT2D eigenvalue weighted by atomic mass is 16.6. The summed E-state index contributed by atoms with van der Waals surface area (Å²) in [6, 6.07) is 6.45. The number of phenolic OH excluding ortho intramolecular Hbond substituents is 1. The first-order chi connectivity index (χ1) is 8.54. The van der Waals surface area contributed by atoms with Crippen molar-refractivity contribution in [2.45, 2.75) is 20.3 Å². The number of carboxylic acids is 1. The van der Waals surface area contributed by atoms with Crippen LogP contribution in [0.15, 0.2) is 29.4 Å². The van der Waals surface area contributed by atoms with Crippen LogP contribution in [0.25, 0.3) is 0 Å². The number of aliphatic carboxylic acids is 1. The molecule has 1 aromatic rings. The van der Waals surface area contributed by atoms with Crippen LogP contribution in [0, 0.1) is 5.92 Å². The number of carbonyl (C=O) groups is 1. The second kappa shape index (κ2) is 6.64. The quantitative estimate of drug-likeness (QED) is 0.599. The number of rotatable bonds is 6. The van der Waals surface area contributed by atoms with Gasteiger partial charge in [0.2, 0.25) is 0 Å². The molecule has 98 valence electrons. The molecule has 0 spiro atoms. The molecule has 0 bridgehead atoms. The van der Waals surface area contributed by atoms with Crippen molar-refractivity contribution >= 4 is 11.7 Å². The van der Waals surface area contributed by atoms with Crippen molar-refractivity contribution in [3.63, 3.8) is 0 Å². The Hall–Kier alpha value is -2.04. The van der Waals surface area contributed by atoms with E-state index in [1.807, 2.05) is 0 Å². The van der Waals surface area contributed by atoms with Crippen LogP contribution in [0.1, 0.15) is 19.4 Å². The summed E-state index contributed by atoms with van der Waals surface area (Å²) >= 11 is 0. The van der Waals surface area contributed by atoms with Gasteiger partial charge in [0.05, 0.1) is 5.71 Å². The van der Waals surface area contributed by atoms with Gasteiger partial charge in [-0.05, 0) is 38.0 Å². The number of hydrogen-bond acceptors (Lipinski definition) is 4. The van der Waals surface area contributed by atoms with E-state index in [-0.39, 0.29) is 5.75 Å². The minimum Gasteiger partial charge on any atom is -0.508 e. The van der Waals surface area contributed by atoms with E-state index in [1.54, 1.807) is 26.0 Å². The van der Waals surface area contributed by atoms with Crippen molar-refractivity contribution in [2.24, 2.45) is 11.1 Å². The minimum absolute atomic E-state index is 0.158. The first-order valence-corrected chi connectivity index (χ1v) is 5.71. The molecule has 0 aliphatic heterocycles. The summed E-state index contributed by atoms with van der Waals surface area (Å²) in [6.45, 7) is 3.82. The van der Waals surface area contributed by atoms with E-state index in [1.165, 1.54) is 12.1 Å². The van der Waals surface area contributed by atoms with Gasteiger partial charge in [0.1, 0.15) is 18.3 Å². The van der Waals surface area contributed by atoms with Gasteiger partial charge in [-0.15, -0.1) is 0 Å². The average molecular weight is 251 g/mol. The minimum atomic E-state index is -0.941. The van der Waals surface area contributed by atoms with Crippen LogP contribution >= 0.6 is 0 Å². The Balaban J connectivity index is 2.80. The number of aromatic hydroxyl groups is 1. The number of phenols is 1. The number of nitrogens with zero attached hydrogens (tertiary/aromatic N) is 1. The summed E-state index contributed by atoms with van der Waals surface area (Å²) in [5.41, 5.74) is 1.25. The van der Waals surface area contributed by atoms with E-state index < -0.39 is 11.9 Å². The van der Waals surface area contributed by atoms with Gasteiger partial charge < -0.3 is 15.1 Å². The van der Waals surface area contributed by atoms with Crippen molar-refractivity contribution in [3.8, 4) is 5.75 Å². The topological polar surface area (TPSA) is 79.1 Å². The van der Waals surface area contributed by atoms with Crippen LogP contribution in [-0.2, 0) is 16.1 Å². The molecule has 0 heterocycles. The lowest BCUT2D eigenvalue weighted by Crippen LogP contribution is -2.24. The molecule has 1 rings (SSSR count). The molecule has 18 heavy (non-hydrogen) atoms. The van der Waals surface area contributed by atoms with E-state index in [4.69, 9.17) is 9.94 Å². The monoisotopic (exact) mass is 251 g/mol. The normalized spacial score (nSPS) is 13.1. The number of hydrogen-bond donors (Lipinski definition) is 2. The molecule has 0 aliphatic carbocycles. The van der Waals surface area contributed by atoms with Gasteiger partial charge in [0.25, 0.3) is 0 Å². The zero-order valence-corrected chi connectivity index (χ0v) is 10.5. The van der Waals surface area contributed by atoms with E-state index in [0.29, 0.717) is 18.7 Å². The molecule has 1 atom stereocenters. The third-order valence-corrected chi connectivity index (χ3v) is 2.52. The lowest BCUT2D eigenvalue weighted by atomic mass is 9.95. The van der Waals surface area contributed by atoms with Gasteiger partial charge in [-0.25, -0.2) is 0 Å². The van der Waals surface area contributed by atoms with E-state index >= 15 is 0 Å². The molecule has 0 aliphatic rings. The van der Waals surface area contributed by atoms with Crippen LogP contribution in [0.2, 0.25) is 0 Å². The summed E-state index contributed by atoms with van der Waals surface area (Å²) in [7, 11) is 0. The van der Waals surface area contributed by atoms with Crippen molar-refractivity contribution in [1.29, 1.82) is 0 Å². The molecule has 0 amide bonds. The largest absolute Gasteiger partial charge is 0.508 e. The fourth-order valence-corrected chi connectivity index (χ4v) is 1.51. The Morgan fingerprint density at radius 2 is 2.00 bits per heavy atom. The van der Waals surface area contributed by atoms with Crippen molar-refractivity contribution in [3.05, 3.63) is 29.8 Å². The number of oxime groups is 1. The molecule has 1 aromatic carbocycles. The van der Waals surface area contributed by atoms with Crippen molar-refractivity contribution in [2.75, 3.05) is 6.61 Å². The Morgan fingerprint density at radius 3 is 2.50 bits per heavy atom. The van der Waals surface area contributed by atoms with Gasteiger partial charge in [-0.3, -0.25) is 4.79 Å². The third-order valence-electron chi connectivity index (χ3n) is 2.52. The predicted molar refractivity (Wildman–Crippen MR) is 67.7 cm³/mol. The second-order valence-electron chi connectivity index (χ2n) is 3.91. The zero-order chi connectivity index (χ0) is 13.5. The first-order valence-electron chi connectivity index (χ1n) is 5.71. The molecule has 5 heteroatoms. The fraction of sp³-hybridized carbons (Fsp3) is 0.385. The van der Waals surface area contributed by atoms with Crippen LogP contribution in [0.3, 0.4) is 0 Å². The predicted octanol–water partition coefficient (Wildman–Crippen LogP) is 2.05. The Labute approximate surface area is 106 Å². The maximum absolute atomic E-state index is 11.2. The van der Waals surface area contributed by atoms with E-state index in [9.17, 15) is 9.90 Å².